The van der Waals surface area contributed by atoms with Gasteiger partial charge in [-0.15, -0.1) is 11.3 Å². The molecular formula is C18H17N5O2S. The van der Waals surface area contributed by atoms with Crippen molar-refractivity contribution in [3.63, 3.8) is 0 Å². The largest absolute Gasteiger partial charge is 0.497 e. The fourth-order valence-electron chi connectivity index (χ4n) is 2.65. The number of thiophene rings is 1. The van der Waals surface area contributed by atoms with E-state index in [1.807, 2.05) is 0 Å². The standard InChI is InChI=1S/C18H17N5O2S/c1-25-12-6-4-11(5-7-12)23-17(24)15-13(8-19)14-16(22-10-2-3-10)20-9-21-18(14)26-15/h4-10,19H,2-3H2,1H3,(H,23,24)(H,20,21,22). The van der Waals surface area contributed by atoms with Crippen LogP contribution in [0, 0.1) is 5.41 Å². The number of nitrogens with zero attached hydrogens (tertiary/aromatic N) is 2. The van der Waals surface area contributed by atoms with E-state index in [1.165, 1.54) is 23.9 Å². The van der Waals surface area contributed by atoms with Crippen LogP contribution in [0.5, 0.6) is 5.75 Å². The first-order chi connectivity index (χ1) is 12.7. The predicted octanol–water partition coefficient (Wildman–Crippen LogP) is 3.52. The summed E-state index contributed by atoms with van der Waals surface area (Å²) in [5.41, 5.74) is 1.20. The summed E-state index contributed by atoms with van der Waals surface area (Å²) in [6.45, 7) is 0. The molecule has 1 aliphatic rings. The lowest BCUT2D eigenvalue weighted by molar-refractivity contribution is 0.103. The lowest BCUT2D eigenvalue weighted by Crippen LogP contribution is -2.12. The van der Waals surface area contributed by atoms with Crippen molar-refractivity contribution in [2.24, 2.45) is 0 Å². The van der Waals surface area contributed by atoms with Gasteiger partial charge in [-0.05, 0) is 37.1 Å². The molecule has 1 aromatic carbocycles. The molecule has 0 radical (unpaired) electrons. The van der Waals surface area contributed by atoms with Crippen LogP contribution in [-0.4, -0.2) is 35.2 Å². The van der Waals surface area contributed by atoms with Crippen molar-refractivity contribution in [3.05, 3.63) is 41.0 Å². The summed E-state index contributed by atoms with van der Waals surface area (Å²) in [6.07, 6.45) is 4.91. The average Bonchev–Trinajstić information content (AvgIpc) is 3.39. The Hall–Kier alpha value is -3.00. The van der Waals surface area contributed by atoms with Crippen molar-refractivity contribution in [1.82, 2.24) is 9.97 Å². The second-order valence-electron chi connectivity index (χ2n) is 5.99. The van der Waals surface area contributed by atoms with Gasteiger partial charge < -0.3 is 20.8 Å². The number of ether oxygens (including phenoxy) is 1. The lowest BCUT2D eigenvalue weighted by atomic mass is 10.1. The first-order valence-corrected chi connectivity index (χ1v) is 9.01. The molecular weight excluding hydrogens is 350 g/mol. The fourth-order valence-corrected chi connectivity index (χ4v) is 3.67. The third-order valence-electron chi connectivity index (χ3n) is 4.14. The fraction of sp³-hybridized carbons (Fsp3) is 0.222. The van der Waals surface area contributed by atoms with Crippen LogP contribution >= 0.6 is 11.3 Å². The third kappa shape index (κ3) is 3.11. The van der Waals surface area contributed by atoms with Gasteiger partial charge in [0.05, 0.1) is 12.5 Å². The van der Waals surface area contributed by atoms with Gasteiger partial charge in [0.25, 0.3) is 5.91 Å². The Morgan fingerprint density at radius 1 is 1.31 bits per heavy atom. The van der Waals surface area contributed by atoms with Crippen LogP contribution in [0.3, 0.4) is 0 Å². The summed E-state index contributed by atoms with van der Waals surface area (Å²) in [5, 5.41) is 14.8. The molecule has 0 saturated heterocycles. The predicted molar refractivity (Wildman–Crippen MR) is 103 cm³/mol. The summed E-state index contributed by atoms with van der Waals surface area (Å²) in [6, 6.07) is 7.52. The molecule has 0 atom stereocenters. The molecule has 0 bridgehead atoms. The Balaban J connectivity index is 1.68. The summed E-state index contributed by atoms with van der Waals surface area (Å²) in [7, 11) is 1.59. The highest BCUT2D eigenvalue weighted by molar-refractivity contribution is 7.21. The van der Waals surface area contributed by atoms with E-state index in [-0.39, 0.29) is 5.91 Å². The molecule has 1 aliphatic carbocycles. The number of benzene rings is 1. The Morgan fingerprint density at radius 2 is 2.08 bits per heavy atom. The van der Waals surface area contributed by atoms with Crippen LogP contribution in [-0.2, 0) is 0 Å². The molecule has 0 spiro atoms. The number of aromatic nitrogens is 2. The molecule has 26 heavy (non-hydrogen) atoms. The smallest absolute Gasteiger partial charge is 0.266 e. The number of carbonyl (C=O) groups excluding carboxylic acids is 1. The Morgan fingerprint density at radius 3 is 2.73 bits per heavy atom. The molecule has 2 aromatic heterocycles. The first-order valence-electron chi connectivity index (χ1n) is 8.19. The Labute approximate surface area is 153 Å². The molecule has 3 N–H and O–H groups in total. The number of hydrogen-bond donors (Lipinski definition) is 3. The van der Waals surface area contributed by atoms with E-state index in [0.29, 0.717) is 32.8 Å². The second kappa shape index (κ2) is 6.72. The molecule has 4 rings (SSSR count). The normalized spacial score (nSPS) is 13.4. The van der Waals surface area contributed by atoms with Crippen molar-refractivity contribution in [2.75, 3.05) is 17.7 Å². The lowest BCUT2D eigenvalue weighted by Gasteiger charge is -2.07. The van der Waals surface area contributed by atoms with Gasteiger partial charge in [0, 0.05) is 23.5 Å². The SMILES string of the molecule is COc1ccc(NC(=O)c2sc3ncnc(NC4CC4)c3c2C=N)cc1. The average molecular weight is 367 g/mol. The van der Waals surface area contributed by atoms with Gasteiger partial charge in [-0.1, -0.05) is 0 Å². The van der Waals surface area contributed by atoms with Crippen molar-refractivity contribution >= 4 is 45.2 Å². The molecule has 1 amide bonds. The van der Waals surface area contributed by atoms with Gasteiger partial charge in [-0.25, -0.2) is 9.97 Å². The van der Waals surface area contributed by atoms with E-state index < -0.39 is 0 Å². The van der Waals surface area contributed by atoms with E-state index in [1.54, 1.807) is 31.4 Å². The van der Waals surface area contributed by atoms with Crippen LogP contribution in [0.4, 0.5) is 11.5 Å². The van der Waals surface area contributed by atoms with Crippen LogP contribution in [0.25, 0.3) is 10.2 Å². The van der Waals surface area contributed by atoms with Crippen LogP contribution in [0.1, 0.15) is 28.1 Å². The highest BCUT2D eigenvalue weighted by atomic mass is 32.1. The number of hydrogen-bond acceptors (Lipinski definition) is 7. The van der Waals surface area contributed by atoms with Crippen molar-refractivity contribution in [2.45, 2.75) is 18.9 Å². The quantitative estimate of drug-likeness (QED) is 0.579. The number of nitrogens with one attached hydrogen (secondary N) is 3. The Kier molecular flexibility index (Phi) is 4.26. The van der Waals surface area contributed by atoms with E-state index in [0.717, 1.165) is 24.0 Å². The van der Waals surface area contributed by atoms with Gasteiger partial charge in [0.2, 0.25) is 0 Å². The highest BCUT2D eigenvalue weighted by Crippen LogP contribution is 2.35. The van der Waals surface area contributed by atoms with E-state index in [4.69, 9.17) is 10.1 Å². The molecule has 0 aliphatic heterocycles. The number of anilines is 2. The molecule has 132 valence electrons. The van der Waals surface area contributed by atoms with E-state index in [9.17, 15) is 4.79 Å². The number of amides is 1. The van der Waals surface area contributed by atoms with Gasteiger partial charge in [-0.3, -0.25) is 4.79 Å². The number of rotatable bonds is 6. The highest BCUT2D eigenvalue weighted by Gasteiger charge is 2.25. The van der Waals surface area contributed by atoms with Crippen LogP contribution in [0.15, 0.2) is 30.6 Å². The summed E-state index contributed by atoms with van der Waals surface area (Å²) in [5.74, 6) is 1.14. The van der Waals surface area contributed by atoms with E-state index >= 15 is 0 Å². The first kappa shape index (κ1) is 16.5. The van der Waals surface area contributed by atoms with Crippen LogP contribution < -0.4 is 15.4 Å². The molecule has 8 heteroatoms. The zero-order chi connectivity index (χ0) is 18.1. The second-order valence-corrected chi connectivity index (χ2v) is 6.99. The van der Waals surface area contributed by atoms with Crippen molar-refractivity contribution in [3.8, 4) is 5.75 Å². The molecule has 2 heterocycles. The topological polar surface area (TPSA) is 100.0 Å². The maximum atomic E-state index is 12.8. The van der Waals surface area contributed by atoms with Gasteiger partial charge in [-0.2, -0.15) is 0 Å². The molecule has 7 nitrogen and oxygen atoms in total. The van der Waals surface area contributed by atoms with Crippen molar-refractivity contribution in [1.29, 1.82) is 5.41 Å². The van der Waals surface area contributed by atoms with Gasteiger partial charge in [0.15, 0.2) is 0 Å². The third-order valence-corrected chi connectivity index (χ3v) is 5.25. The van der Waals surface area contributed by atoms with Crippen molar-refractivity contribution < 1.29 is 9.53 Å². The summed E-state index contributed by atoms with van der Waals surface area (Å²) >= 11 is 1.27. The minimum atomic E-state index is -0.269. The number of methoxy groups -OCH3 is 1. The maximum Gasteiger partial charge on any atom is 0.266 e. The molecule has 1 saturated carbocycles. The monoisotopic (exact) mass is 367 g/mol. The summed E-state index contributed by atoms with van der Waals surface area (Å²) < 4.78 is 5.12. The minimum absolute atomic E-state index is 0.269. The number of carbonyl (C=O) groups is 1. The van der Waals surface area contributed by atoms with Gasteiger partial charge in [0.1, 0.15) is 27.6 Å². The zero-order valence-corrected chi connectivity index (χ0v) is 14.9. The van der Waals surface area contributed by atoms with E-state index in [2.05, 4.69) is 20.6 Å². The molecule has 1 fully saturated rings. The minimum Gasteiger partial charge on any atom is -0.497 e. The molecule has 0 unspecified atom stereocenters. The maximum absolute atomic E-state index is 12.8. The zero-order valence-electron chi connectivity index (χ0n) is 14.1. The number of fused-ring (bicyclic) bond motifs is 1. The van der Waals surface area contributed by atoms with Crippen LogP contribution in [0.2, 0.25) is 0 Å². The Bertz CT molecular complexity index is 979. The summed E-state index contributed by atoms with van der Waals surface area (Å²) in [4.78, 5) is 22.5. The van der Waals surface area contributed by atoms with Gasteiger partial charge >= 0.3 is 0 Å². The molecule has 3 aromatic rings.